The predicted octanol–water partition coefficient (Wildman–Crippen LogP) is 2.17. The summed E-state index contributed by atoms with van der Waals surface area (Å²) in [5.41, 5.74) is 0. The molecule has 174 valence electrons. The van der Waals surface area contributed by atoms with E-state index in [1.807, 2.05) is 19.9 Å². The van der Waals surface area contributed by atoms with Crippen molar-refractivity contribution in [2.75, 3.05) is 39.4 Å². The molecule has 2 aliphatic rings. The summed E-state index contributed by atoms with van der Waals surface area (Å²) < 4.78 is 39.7. The highest BCUT2D eigenvalue weighted by atomic mass is 32.2. The van der Waals surface area contributed by atoms with Crippen LogP contribution in [0.2, 0.25) is 0 Å². The Morgan fingerprint density at radius 3 is 2.47 bits per heavy atom. The van der Waals surface area contributed by atoms with Crippen LogP contribution in [0.3, 0.4) is 0 Å². The summed E-state index contributed by atoms with van der Waals surface area (Å²) in [5, 5.41) is 2.07. The Morgan fingerprint density at radius 2 is 1.81 bits per heavy atom. The summed E-state index contributed by atoms with van der Waals surface area (Å²) in [4.78, 5) is 18.7. The molecule has 2 aliphatic heterocycles. The molecule has 10 heteroatoms. The third-order valence-corrected chi connectivity index (χ3v) is 7.98. The number of carbonyl (C=O) groups is 1. The van der Waals surface area contributed by atoms with E-state index in [0.717, 1.165) is 19.6 Å². The summed E-state index contributed by atoms with van der Waals surface area (Å²) in [6.45, 7) is 8.08. The molecule has 1 saturated heterocycles. The minimum Gasteiger partial charge on any atom is -0.486 e. The van der Waals surface area contributed by atoms with E-state index in [9.17, 15) is 13.2 Å². The summed E-state index contributed by atoms with van der Waals surface area (Å²) in [5.74, 6) is 0.538. The van der Waals surface area contributed by atoms with Crippen molar-refractivity contribution in [3.8, 4) is 11.5 Å². The molecule has 1 atom stereocenters. The predicted molar refractivity (Wildman–Crippen MR) is 123 cm³/mol. The zero-order valence-corrected chi connectivity index (χ0v) is 20.0. The van der Waals surface area contributed by atoms with Crippen LogP contribution in [0.25, 0.3) is 0 Å². The second-order valence-corrected chi connectivity index (χ2v) is 11.1. The van der Waals surface area contributed by atoms with Crippen molar-refractivity contribution in [2.45, 2.75) is 31.3 Å². The standard InChI is InChI=1S/C22H29N3O5S2/c1-16(2)21(22(26)25-9-7-24(8-10-25)15-17-4-3-13-31-17)23-32(27,28)18-5-6-19-20(14-18)30-12-11-29-19/h3-6,13-14,16,21,23H,7-12,15H2,1-2H3/t21-/m0/s1. The first kappa shape index (κ1) is 23.0. The Bertz CT molecular complexity index is 1030. The molecule has 0 radical (unpaired) electrons. The van der Waals surface area contributed by atoms with E-state index < -0.39 is 16.1 Å². The fourth-order valence-electron chi connectivity index (χ4n) is 3.84. The van der Waals surface area contributed by atoms with Gasteiger partial charge in [0.15, 0.2) is 11.5 Å². The van der Waals surface area contributed by atoms with Gasteiger partial charge in [-0.2, -0.15) is 4.72 Å². The second-order valence-electron chi connectivity index (χ2n) is 8.33. The van der Waals surface area contributed by atoms with E-state index in [4.69, 9.17) is 9.47 Å². The normalized spacial score (nSPS) is 18.0. The maximum Gasteiger partial charge on any atom is 0.241 e. The zero-order chi connectivity index (χ0) is 22.7. The van der Waals surface area contributed by atoms with Gasteiger partial charge >= 0.3 is 0 Å². The van der Waals surface area contributed by atoms with Gasteiger partial charge in [-0.1, -0.05) is 19.9 Å². The molecule has 8 nitrogen and oxygen atoms in total. The van der Waals surface area contributed by atoms with E-state index in [0.29, 0.717) is 37.8 Å². The van der Waals surface area contributed by atoms with Crippen molar-refractivity contribution < 1.29 is 22.7 Å². The number of thiophene rings is 1. The molecule has 1 fully saturated rings. The molecule has 2 aromatic rings. The maximum atomic E-state index is 13.2. The number of ether oxygens (including phenoxy) is 2. The van der Waals surface area contributed by atoms with Crippen molar-refractivity contribution in [2.24, 2.45) is 5.92 Å². The van der Waals surface area contributed by atoms with Crippen LogP contribution in [0.5, 0.6) is 11.5 Å². The van der Waals surface area contributed by atoms with Gasteiger partial charge in [-0.25, -0.2) is 8.42 Å². The van der Waals surface area contributed by atoms with Crippen molar-refractivity contribution in [1.29, 1.82) is 0 Å². The van der Waals surface area contributed by atoms with E-state index in [2.05, 4.69) is 21.1 Å². The lowest BCUT2D eigenvalue weighted by molar-refractivity contribution is -0.135. The lowest BCUT2D eigenvalue weighted by Crippen LogP contribution is -2.56. The molecule has 0 spiro atoms. The number of carbonyl (C=O) groups excluding carboxylic acids is 1. The van der Waals surface area contributed by atoms with Gasteiger partial charge in [0, 0.05) is 43.7 Å². The number of rotatable bonds is 7. The molecule has 0 unspecified atom stereocenters. The number of hydrogen-bond acceptors (Lipinski definition) is 7. The molecule has 0 bridgehead atoms. The third kappa shape index (κ3) is 5.25. The van der Waals surface area contributed by atoms with Gasteiger partial charge in [-0.05, 0) is 29.5 Å². The SMILES string of the molecule is CC(C)[C@H](NS(=O)(=O)c1ccc2c(c1)OCCO2)C(=O)N1CCN(Cc2cccs2)CC1. The summed E-state index contributed by atoms with van der Waals surface area (Å²) >= 11 is 1.73. The van der Waals surface area contributed by atoms with Gasteiger partial charge in [-0.15, -0.1) is 11.3 Å². The molecule has 3 heterocycles. The molecule has 1 aromatic heterocycles. The number of sulfonamides is 1. The topological polar surface area (TPSA) is 88.2 Å². The van der Waals surface area contributed by atoms with Crippen molar-refractivity contribution in [3.05, 3.63) is 40.6 Å². The lowest BCUT2D eigenvalue weighted by atomic mass is 10.0. The molecule has 32 heavy (non-hydrogen) atoms. The highest BCUT2D eigenvalue weighted by Gasteiger charge is 2.33. The van der Waals surface area contributed by atoms with E-state index in [-0.39, 0.29) is 16.7 Å². The van der Waals surface area contributed by atoms with Crippen LogP contribution >= 0.6 is 11.3 Å². The number of hydrogen-bond donors (Lipinski definition) is 1. The Hall–Kier alpha value is -2.14. The minimum absolute atomic E-state index is 0.0565. The van der Waals surface area contributed by atoms with Crippen LogP contribution in [0, 0.1) is 5.92 Å². The molecule has 1 N–H and O–H groups in total. The number of benzene rings is 1. The van der Waals surface area contributed by atoms with Crippen LogP contribution in [-0.4, -0.2) is 69.6 Å². The Morgan fingerprint density at radius 1 is 1.09 bits per heavy atom. The van der Waals surface area contributed by atoms with E-state index >= 15 is 0 Å². The second kappa shape index (κ2) is 9.78. The smallest absolute Gasteiger partial charge is 0.241 e. The van der Waals surface area contributed by atoms with Gasteiger partial charge in [0.25, 0.3) is 0 Å². The Kier molecular flexibility index (Phi) is 7.04. The zero-order valence-electron chi connectivity index (χ0n) is 18.3. The van der Waals surface area contributed by atoms with E-state index in [1.54, 1.807) is 22.3 Å². The molecular weight excluding hydrogens is 450 g/mol. The molecule has 0 saturated carbocycles. The maximum absolute atomic E-state index is 13.2. The lowest BCUT2D eigenvalue weighted by Gasteiger charge is -2.37. The number of piperazine rings is 1. The van der Waals surface area contributed by atoms with Crippen LogP contribution in [0.1, 0.15) is 18.7 Å². The number of fused-ring (bicyclic) bond motifs is 1. The summed E-state index contributed by atoms with van der Waals surface area (Å²) in [6, 6.07) is 7.83. The molecule has 1 aromatic carbocycles. The highest BCUT2D eigenvalue weighted by Crippen LogP contribution is 2.32. The number of amides is 1. The highest BCUT2D eigenvalue weighted by molar-refractivity contribution is 7.89. The first-order chi connectivity index (χ1) is 15.3. The average Bonchev–Trinajstić information content (AvgIpc) is 3.30. The fraction of sp³-hybridized carbons (Fsp3) is 0.500. The van der Waals surface area contributed by atoms with Crippen molar-refractivity contribution >= 4 is 27.3 Å². The average molecular weight is 480 g/mol. The molecule has 1 amide bonds. The Labute approximate surface area is 193 Å². The van der Waals surface area contributed by atoms with Crippen LogP contribution in [0.4, 0.5) is 0 Å². The van der Waals surface area contributed by atoms with Crippen molar-refractivity contribution in [3.63, 3.8) is 0 Å². The molecular formula is C22H29N3O5S2. The molecule has 4 rings (SSSR count). The van der Waals surface area contributed by atoms with Gasteiger partial charge in [0.05, 0.1) is 4.90 Å². The van der Waals surface area contributed by atoms with Gasteiger partial charge in [-0.3, -0.25) is 9.69 Å². The van der Waals surface area contributed by atoms with Crippen molar-refractivity contribution in [1.82, 2.24) is 14.5 Å². The van der Waals surface area contributed by atoms with E-state index in [1.165, 1.54) is 17.0 Å². The first-order valence-electron chi connectivity index (χ1n) is 10.8. The third-order valence-electron chi connectivity index (χ3n) is 5.68. The van der Waals surface area contributed by atoms with Crippen LogP contribution in [0.15, 0.2) is 40.6 Å². The van der Waals surface area contributed by atoms with Gasteiger partial charge in [0.1, 0.15) is 19.3 Å². The van der Waals surface area contributed by atoms with Gasteiger partial charge in [0.2, 0.25) is 15.9 Å². The summed E-state index contributed by atoms with van der Waals surface area (Å²) in [6.07, 6.45) is 0. The minimum atomic E-state index is -3.91. The van der Waals surface area contributed by atoms with Crippen LogP contribution in [-0.2, 0) is 21.4 Å². The quantitative estimate of drug-likeness (QED) is 0.655. The van der Waals surface area contributed by atoms with Crippen LogP contribution < -0.4 is 14.2 Å². The molecule has 0 aliphatic carbocycles. The summed E-state index contributed by atoms with van der Waals surface area (Å²) in [7, 11) is -3.91. The fourth-order valence-corrected chi connectivity index (χ4v) is 5.94. The number of nitrogens with zero attached hydrogens (tertiary/aromatic N) is 2. The van der Waals surface area contributed by atoms with Gasteiger partial charge < -0.3 is 14.4 Å². The largest absolute Gasteiger partial charge is 0.486 e. The first-order valence-corrected chi connectivity index (χ1v) is 13.2. The monoisotopic (exact) mass is 479 g/mol. The Balaban J connectivity index is 1.41. The number of nitrogens with one attached hydrogen (secondary N) is 1.